The quantitative estimate of drug-likeness (QED) is 0.420. The van der Waals surface area contributed by atoms with Gasteiger partial charge in [-0.05, 0) is 30.5 Å². The van der Waals surface area contributed by atoms with E-state index in [1.165, 1.54) is 11.1 Å². The van der Waals surface area contributed by atoms with Crippen LogP contribution in [0.3, 0.4) is 0 Å². The van der Waals surface area contributed by atoms with Gasteiger partial charge in [0.2, 0.25) is 0 Å². The van der Waals surface area contributed by atoms with Gasteiger partial charge in [-0.25, -0.2) is 4.99 Å². The van der Waals surface area contributed by atoms with E-state index in [-0.39, 0.29) is 0 Å². The molecule has 6 heteroatoms. The van der Waals surface area contributed by atoms with Crippen LogP contribution in [0.5, 0.6) is 0 Å². The molecule has 0 spiro atoms. The lowest BCUT2D eigenvalue weighted by Crippen LogP contribution is -2.38. The number of ether oxygens (including phenoxy) is 1. The van der Waals surface area contributed by atoms with E-state index in [0.29, 0.717) is 13.2 Å². The molecule has 0 radical (unpaired) electrons. The predicted octanol–water partition coefficient (Wildman–Crippen LogP) is 2.17. The van der Waals surface area contributed by atoms with Gasteiger partial charge in [-0.1, -0.05) is 24.3 Å². The molecule has 1 heterocycles. The molecule has 0 saturated carbocycles. The molecule has 0 amide bonds. The molecule has 1 aromatic carbocycles. The van der Waals surface area contributed by atoms with Crippen LogP contribution in [0.1, 0.15) is 24.5 Å². The number of hydrogen-bond donors (Lipinski definition) is 2. The minimum Gasteiger partial charge on any atom is -0.380 e. The van der Waals surface area contributed by atoms with Crippen LogP contribution in [0.4, 0.5) is 0 Å². The third-order valence-corrected chi connectivity index (χ3v) is 3.51. The third kappa shape index (κ3) is 6.42. The number of guanidine groups is 1. The monoisotopic (exact) mass is 329 g/mol. The minimum absolute atomic E-state index is 0.643. The molecule has 2 rings (SSSR count). The van der Waals surface area contributed by atoms with E-state index in [1.807, 2.05) is 16.9 Å². The molecule has 0 saturated heterocycles. The van der Waals surface area contributed by atoms with Crippen molar-refractivity contribution in [3.05, 3.63) is 53.9 Å². The molecule has 0 unspecified atom stereocenters. The fourth-order valence-corrected chi connectivity index (χ4v) is 2.30. The fourth-order valence-electron chi connectivity index (χ4n) is 2.30. The zero-order chi connectivity index (χ0) is 17.0. The average Bonchev–Trinajstić information content (AvgIpc) is 3.11. The van der Waals surface area contributed by atoms with Crippen LogP contribution in [0.15, 0.2) is 47.7 Å². The Hall–Kier alpha value is -2.34. The molecule has 1 aromatic heterocycles. The molecular weight excluding hydrogens is 302 g/mol. The Balaban J connectivity index is 1.78. The van der Waals surface area contributed by atoms with Gasteiger partial charge in [-0.2, -0.15) is 5.10 Å². The third-order valence-electron chi connectivity index (χ3n) is 3.51. The van der Waals surface area contributed by atoms with Gasteiger partial charge in [0.15, 0.2) is 5.96 Å². The van der Waals surface area contributed by atoms with E-state index < -0.39 is 0 Å². The standard InChI is InChI=1S/C18H27N5O/c1-3-19-18(20-10-4-12-23-13-5-11-22-23)21-14-16-6-8-17(9-7-16)15-24-2/h5-9,11,13H,3-4,10,12,14-15H2,1-2H3,(H2,19,20,21). The number of aliphatic imine (C=N–C) groups is 1. The van der Waals surface area contributed by atoms with Crippen molar-refractivity contribution in [1.29, 1.82) is 0 Å². The molecule has 0 atom stereocenters. The van der Waals surface area contributed by atoms with Crippen LogP contribution in [-0.4, -0.2) is 35.9 Å². The highest BCUT2D eigenvalue weighted by atomic mass is 16.5. The van der Waals surface area contributed by atoms with Crippen molar-refractivity contribution >= 4 is 5.96 Å². The van der Waals surface area contributed by atoms with Crippen molar-refractivity contribution < 1.29 is 4.74 Å². The molecule has 0 aliphatic heterocycles. The van der Waals surface area contributed by atoms with E-state index >= 15 is 0 Å². The van der Waals surface area contributed by atoms with Crippen molar-refractivity contribution in [2.24, 2.45) is 4.99 Å². The van der Waals surface area contributed by atoms with Gasteiger partial charge in [-0.15, -0.1) is 0 Å². The second kappa shape index (κ2) is 10.4. The summed E-state index contributed by atoms with van der Waals surface area (Å²) in [5.41, 5.74) is 2.36. The number of aromatic nitrogens is 2. The molecule has 0 aliphatic carbocycles. The van der Waals surface area contributed by atoms with Crippen LogP contribution in [0.2, 0.25) is 0 Å². The number of nitrogens with zero attached hydrogens (tertiary/aromatic N) is 3. The summed E-state index contributed by atoms with van der Waals surface area (Å²) < 4.78 is 7.06. The van der Waals surface area contributed by atoms with Crippen molar-refractivity contribution in [2.45, 2.75) is 33.0 Å². The first-order chi connectivity index (χ1) is 11.8. The van der Waals surface area contributed by atoms with Gasteiger partial charge < -0.3 is 15.4 Å². The average molecular weight is 329 g/mol. The molecule has 2 N–H and O–H groups in total. The number of methoxy groups -OCH3 is 1. The lowest BCUT2D eigenvalue weighted by molar-refractivity contribution is 0.185. The van der Waals surface area contributed by atoms with Gasteiger partial charge in [0.1, 0.15) is 0 Å². The van der Waals surface area contributed by atoms with Crippen LogP contribution in [0, 0.1) is 0 Å². The number of aryl methyl sites for hydroxylation is 1. The number of nitrogens with one attached hydrogen (secondary N) is 2. The summed E-state index contributed by atoms with van der Waals surface area (Å²) in [6, 6.07) is 10.3. The van der Waals surface area contributed by atoms with Crippen LogP contribution >= 0.6 is 0 Å². The van der Waals surface area contributed by atoms with Crippen molar-refractivity contribution in [1.82, 2.24) is 20.4 Å². The normalized spacial score (nSPS) is 11.5. The second-order valence-electron chi connectivity index (χ2n) is 5.49. The molecular formula is C18H27N5O. The van der Waals surface area contributed by atoms with Crippen LogP contribution in [-0.2, 0) is 24.4 Å². The van der Waals surface area contributed by atoms with Crippen molar-refractivity contribution in [3.63, 3.8) is 0 Å². The summed E-state index contributed by atoms with van der Waals surface area (Å²) in [5, 5.41) is 10.8. The minimum atomic E-state index is 0.643. The van der Waals surface area contributed by atoms with Crippen molar-refractivity contribution in [3.8, 4) is 0 Å². The van der Waals surface area contributed by atoms with Gasteiger partial charge in [0, 0.05) is 39.1 Å². The predicted molar refractivity (Wildman–Crippen MR) is 96.8 cm³/mol. The number of benzene rings is 1. The van der Waals surface area contributed by atoms with Crippen LogP contribution < -0.4 is 10.6 Å². The Kier molecular flexibility index (Phi) is 7.83. The molecule has 0 bridgehead atoms. The Morgan fingerprint density at radius 2 is 2.00 bits per heavy atom. The second-order valence-corrected chi connectivity index (χ2v) is 5.49. The Labute approximate surface area is 143 Å². The highest BCUT2D eigenvalue weighted by molar-refractivity contribution is 5.79. The number of hydrogen-bond acceptors (Lipinski definition) is 3. The zero-order valence-corrected chi connectivity index (χ0v) is 14.5. The van der Waals surface area contributed by atoms with E-state index in [4.69, 9.17) is 4.74 Å². The Morgan fingerprint density at radius 3 is 2.67 bits per heavy atom. The summed E-state index contributed by atoms with van der Waals surface area (Å²) in [7, 11) is 1.71. The first-order valence-electron chi connectivity index (χ1n) is 8.38. The summed E-state index contributed by atoms with van der Waals surface area (Å²) in [6.07, 6.45) is 4.78. The highest BCUT2D eigenvalue weighted by Crippen LogP contribution is 2.06. The van der Waals surface area contributed by atoms with Gasteiger partial charge >= 0.3 is 0 Å². The van der Waals surface area contributed by atoms with Crippen LogP contribution in [0.25, 0.3) is 0 Å². The highest BCUT2D eigenvalue weighted by Gasteiger charge is 1.99. The van der Waals surface area contributed by atoms with E-state index in [1.54, 1.807) is 13.3 Å². The molecule has 24 heavy (non-hydrogen) atoms. The van der Waals surface area contributed by atoms with Gasteiger partial charge in [0.05, 0.1) is 13.2 Å². The molecule has 130 valence electrons. The SMILES string of the molecule is CCNC(=NCc1ccc(COC)cc1)NCCCn1cccn1. The Bertz CT molecular complexity index is 592. The van der Waals surface area contributed by atoms with E-state index in [0.717, 1.165) is 32.0 Å². The molecule has 0 fully saturated rings. The van der Waals surface area contributed by atoms with Gasteiger partial charge in [0.25, 0.3) is 0 Å². The summed E-state index contributed by atoms with van der Waals surface area (Å²) in [5.74, 6) is 0.846. The zero-order valence-electron chi connectivity index (χ0n) is 14.5. The van der Waals surface area contributed by atoms with Crippen molar-refractivity contribution in [2.75, 3.05) is 20.2 Å². The van der Waals surface area contributed by atoms with E-state index in [2.05, 4.69) is 51.9 Å². The first kappa shape index (κ1) is 18.0. The topological polar surface area (TPSA) is 63.5 Å². The molecule has 2 aromatic rings. The van der Waals surface area contributed by atoms with Gasteiger partial charge in [-0.3, -0.25) is 4.68 Å². The maximum absolute atomic E-state index is 5.13. The maximum atomic E-state index is 5.13. The largest absolute Gasteiger partial charge is 0.380 e. The maximum Gasteiger partial charge on any atom is 0.191 e. The smallest absolute Gasteiger partial charge is 0.191 e. The molecule has 0 aliphatic rings. The summed E-state index contributed by atoms with van der Waals surface area (Å²) >= 11 is 0. The first-order valence-corrected chi connectivity index (χ1v) is 8.38. The summed E-state index contributed by atoms with van der Waals surface area (Å²) in [6.45, 7) is 5.98. The molecule has 6 nitrogen and oxygen atoms in total. The Morgan fingerprint density at radius 1 is 1.21 bits per heavy atom. The fraction of sp³-hybridized carbons (Fsp3) is 0.444. The lowest BCUT2D eigenvalue weighted by Gasteiger charge is -2.11. The lowest BCUT2D eigenvalue weighted by atomic mass is 10.1. The van der Waals surface area contributed by atoms with E-state index in [9.17, 15) is 0 Å². The summed E-state index contributed by atoms with van der Waals surface area (Å²) in [4.78, 5) is 4.63. The number of rotatable bonds is 9.